The third kappa shape index (κ3) is 5.03. The number of rotatable bonds is 6. The van der Waals surface area contributed by atoms with E-state index in [0.29, 0.717) is 13.1 Å². The van der Waals surface area contributed by atoms with Crippen LogP contribution in [0, 0.1) is 0 Å². The summed E-state index contributed by atoms with van der Waals surface area (Å²) in [5, 5.41) is 5.01. The van der Waals surface area contributed by atoms with Crippen LogP contribution in [-0.4, -0.2) is 78.9 Å². The van der Waals surface area contributed by atoms with Gasteiger partial charge in [-0.15, -0.1) is 11.3 Å². The van der Waals surface area contributed by atoms with Crippen LogP contribution in [0.15, 0.2) is 17.5 Å². The lowest BCUT2D eigenvalue weighted by Gasteiger charge is -2.40. The lowest BCUT2D eigenvalue weighted by molar-refractivity contribution is -0.146. The zero-order valence-electron chi connectivity index (χ0n) is 15.7. The molecule has 1 aromatic rings. The third-order valence-electron chi connectivity index (χ3n) is 4.84. The van der Waals surface area contributed by atoms with Gasteiger partial charge in [-0.25, -0.2) is 0 Å². The first-order valence-electron chi connectivity index (χ1n) is 9.03. The van der Waals surface area contributed by atoms with E-state index in [4.69, 9.17) is 0 Å². The van der Waals surface area contributed by atoms with Crippen molar-refractivity contribution in [3.63, 3.8) is 0 Å². The number of carbonyl (C=O) groups excluding carboxylic acids is 2. The van der Waals surface area contributed by atoms with Crippen LogP contribution >= 0.6 is 11.3 Å². The number of nitrogens with zero attached hydrogens (tertiary/aromatic N) is 3. The van der Waals surface area contributed by atoms with Crippen LogP contribution in [-0.2, 0) is 9.59 Å². The molecule has 1 N–H and O–H groups in total. The van der Waals surface area contributed by atoms with Crippen molar-refractivity contribution in [3.05, 3.63) is 22.4 Å². The zero-order valence-corrected chi connectivity index (χ0v) is 16.5. The molecule has 2 heterocycles. The second-order valence-electron chi connectivity index (χ2n) is 6.54. The van der Waals surface area contributed by atoms with Crippen molar-refractivity contribution >= 4 is 23.2 Å². The monoisotopic (exact) mass is 366 g/mol. The molecule has 2 rings (SSSR count). The summed E-state index contributed by atoms with van der Waals surface area (Å²) in [5.41, 5.74) is 0. The van der Waals surface area contributed by atoms with Gasteiger partial charge >= 0.3 is 11.8 Å². The van der Waals surface area contributed by atoms with Crippen LogP contribution in [0.2, 0.25) is 0 Å². The first-order valence-corrected chi connectivity index (χ1v) is 9.91. The topological polar surface area (TPSA) is 55.9 Å². The molecule has 25 heavy (non-hydrogen) atoms. The molecule has 1 aliphatic rings. The first-order chi connectivity index (χ1) is 12.0. The largest absolute Gasteiger partial charge is 0.343 e. The van der Waals surface area contributed by atoms with Gasteiger partial charge in [-0.3, -0.25) is 14.5 Å². The Hall–Kier alpha value is -1.44. The molecule has 140 valence electrons. The summed E-state index contributed by atoms with van der Waals surface area (Å²) in [6, 6.07) is 4.12. The maximum Gasteiger partial charge on any atom is 0.311 e. The molecule has 1 fully saturated rings. The minimum absolute atomic E-state index is 0.0992. The summed E-state index contributed by atoms with van der Waals surface area (Å²) in [6.45, 7) is 10.8. The molecule has 6 nitrogen and oxygen atoms in total. The Morgan fingerprint density at radius 3 is 2.40 bits per heavy atom. The number of nitrogens with one attached hydrogen (secondary N) is 1. The van der Waals surface area contributed by atoms with Gasteiger partial charge in [-0.2, -0.15) is 0 Å². The Morgan fingerprint density at radius 2 is 1.88 bits per heavy atom. The number of likely N-dealkylation sites (N-methyl/N-ethyl adjacent to an activating group) is 2. The van der Waals surface area contributed by atoms with Crippen molar-refractivity contribution in [2.75, 3.05) is 46.3 Å². The molecule has 1 aliphatic heterocycles. The summed E-state index contributed by atoms with van der Waals surface area (Å²) in [5.74, 6) is -0.952. The highest BCUT2D eigenvalue weighted by molar-refractivity contribution is 7.10. The first kappa shape index (κ1) is 19.9. The number of hydrogen-bond donors (Lipinski definition) is 1. The fraction of sp³-hybridized carbons (Fsp3) is 0.667. The van der Waals surface area contributed by atoms with Gasteiger partial charge in [0.2, 0.25) is 0 Å². The highest BCUT2D eigenvalue weighted by Crippen LogP contribution is 2.29. The average molecular weight is 367 g/mol. The van der Waals surface area contributed by atoms with Gasteiger partial charge in [0, 0.05) is 50.2 Å². The molecule has 2 atom stereocenters. The molecule has 0 saturated carbocycles. The van der Waals surface area contributed by atoms with E-state index in [2.05, 4.69) is 33.6 Å². The minimum atomic E-state index is -0.508. The summed E-state index contributed by atoms with van der Waals surface area (Å²) in [4.78, 5) is 32.2. The molecule has 0 radical (unpaired) electrons. The molecule has 0 unspecified atom stereocenters. The van der Waals surface area contributed by atoms with Crippen LogP contribution in [0.1, 0.15) is 31.7 Å². The van der Waals surface area contributed by atoms with E-state index in [1.165, 1.54) is 4.88 Å². The van der Waals surface area contributed by atoms with E-state index in [1.807, 2.05) is 26.8 Å². The Labute approximate surface area is 154 Å². The molecule has 1 aromatic heterocycles. The summed E-state index contributed by atoms with van der Waals surface area (Å²) < 4.78 is 0. The van der Waals surface area contributed by atoms with Crippen LogP contribution in [0.4, 0.5) is 0 Å². The fourth-order valence-corrected chi connectivity index (χ4v) is 4.27. The maximum atomic E-state index is 12.4. The van der Waals surface area contributed by atoms with Gasteiger partial charge in [0.1, 0.15) is 0 Å². The lowest BCUT2D eigenvalue weighted by atomic mass is 10.0. The second-order valence-corrected chi connectivity index (χ2v) is 7.52. The summed E-state index contributed by atoms with van der Waals surface area (Å²) >= 11 is 1.70. The van der Waals surface area contributed by atoms with Crippen molar-refractivity contribution in [1.29, 1.82) is 0 Å². The summed E-state index contributed by atoms with van der Waals surface area (Å²) in [6.07, 6.45) is 0. The summed E-state index contributed by atoms with van der Waals surface area (Å²) in [7, 11) is 2.13. The standard InChI is InChI=1S/C18H30N4O2S/c1-5-21(6-2)18(24)17(23)19-14(3)16(15-8-7-13-25-15)22-11-9-20(4)10-12-22/h7-8,13-14,16H,5-6,9-12H2,1-4H3,(H,19,23)/t14-,16+/m0/s1. The number of hydrogen-bond acceptors (Lipinski definition) is 5. The van der Waals surface area contributed by atoms with E-state index >= 15 is 0 Å². The molecule has 7 heteroatoms. The Bertz CT molecular complexity index is 551. The molecule has 2 amide bonds. The van der Waals surface area contributed by atoms with Crippen molar-refractivity contribution in [1.82, 2.24) is 20.0 Å². The van der Waals surface area contributed by atoms with Crippen LogP contribution in [0.25, 0.3) is 0 Å². The predicted molar refractivity (Wildman–Crippen MR) is 102 cm³/mol. The molecule has 0 spiro atoms. The van der Waals surface area contributed by atoms with Gasteiger partial charge in [0.05, 0.1) is 6.04 Å². The minimum Gasteiger partial charge on any atom is -0.343 e. The number of amides is 2. The predicted octanol–water partition coefficient (Wildman–Crippen LogP) is 1.41. The van der Waals surface area contributed by atoms with E-state index in [-0.39, 0.29) is 12.1 Å². The van der Waals surface area contributed by atoms with Gasteiger partial charge in [0.15, 0.2) is 0 Å². The molecule has 0 bridgehead atoms. The van der Waals surface area contributed by atoms with Gasteiger partial charge in [-0.05, 0) is 39.3 Å². The Morgan fingerprint density at radius 1 is 1.24 bits per heavy atom. The fourth-order valence-electron chi connectivity index (χ4n) is 3.30. The Balaban J connectivity index is 2.09. The molecule has 0 aromatic carbocycles. The van der Waals surface area contributed by atoms with E-state index < -0.39 is 11.8 Å². The van der Waals surface area contributed by atoms with Crippen molar-refractivity contribution in [2.24, 2.45) is 0 Å². The quantitative estimate of drug-likeness (QED) is 0.774. The molecular formula is C18H30N4O2S. The van der Waals surface area contributed by atoms with E-state index in [9.17, 15) is 9.59 Å². The number of piperazine rings is 1. The SMILES string of the molecule is CCN(CC)C(=O)C(=O)N[C@@H](C)[C@H](c1cccs1)N1CCN(C)CC1. The lowest BCUT2D eigenvalue weighted by Crippen LogP contribution is -2.53. The normalized spacial score (nSPS) is 18.6. The molecule has 0 aliphatic carbocycles. The van der Waals surface area contributed by atoms with Crippen LogP contribution < -0.4 is 5.32 Å². The van der Waals surface area contributed by atoms with Crippen LogP contribution in [0.5, 0.6) is 0 Å². The smallest absolute Gasteiger partial charge is 0.311 e. The third-order valence-corrected chi connectivity index (χ3v) is 5.79. The van der Waals surface area contributed by atoms with Gasteiger partial charge < -0.3 is 15.1 Å². The highest BCUT2D eigenvalue weighted by Gasteiger charge is 2.31. The van der Waals surface area contributed by atoms with E-state index in [1.54, 1.807) is 16.2 Å². The van der Waals surface area contributed by atoms with Crippen molar-refractivity contribution in [3.8, 4) is 0 Å². The number of carbonyl (C=O) groups is 2. The molecular weight excluding hydrogens is 336 g/mol. The average Bonchev–Trinajstić information content (AvgIpc) is 3.11. The second kappa shape index (κ2) is 9.31. The van der Waals surface area contributed by atoms with Crippen molar-refractivity contribution < 1.29 is 9.59 Å². The van der Waals surface area contributed by atoms with Crippen molar-refractivity contribution in [2.45, 2.75) is 32.9 Å². The Kier molecular flexibility index (Phi) is 7.40. The van der Waals surface area contributed by atoms with Gasteiger partial charge in [-0.1, -0.05) is 6.07 Å². The highest BCUT2D eigenvalue weighted by atomic mass is 32.1. The van der Waals surface area contributed by atoms with Gasteiger partial charge in [0.25, 0.3) is 0 Å². The zero-order chi connectivity index (χ0) is 18.4. The maximum absolute atomic E-state index is 12.4. The number of thiophene rings is 1. The van der Waals surface area contributed by atoms with Crippen LogP contribution in [0.3, 0.4) is 0 Å². The molecule has 1 saturated heterocycles. The van der Waals surface area contributed by atoms with E-state index in [0.717, 1.165) is 26.2 Å².